The third-order valence-electron chi connectivity index (χ3n) is 4.29. The van der Waals surface area contributed by atoms with Crippen LogP contribution in [0, 0.1) is 0 Å². The molecule has 1 saturated heterocycles. The Kier molecular flexibility index (Phi) is 4.10. The zero-order valence-electron chi connectivity index (χ0n) is 13.1. The highest BCUT2D eigenvalue weighted by molar-refractivity contribution is 7.99. The Hall–Kier alpha value is -2.15. The van der Waals surface area contributed by atoms with Gasteiger partial charge in [0.25, 0.3) is 10.9 Å². The number of hydrogen-bond donors (Lipinski definition) is 1. The predicted molar refractivity (Wildman–Crippen MR) is 95.7 cm³/mol. The van der Waals surface area contributed by atoms with Gasteiger partial charge in [0.2, 0.25) is 0 Å². The Balaban J connectivity index is 1.43. The van der Waals surface area contributed by atoms with Gasteiger partial charge in [0.05, 0.1) is 6.54 Å². The quantitative estimate of drug-likeness (QED) is 0.831. The molecule has 0 radical (unpaired) electrons. The molecular weight excluding hydrogens is 328 g/mol. The minimum Gasteiger partial charge on any atom is -0.486 e. The van der Waals surface area contributed by atoms with Crippen molar-refractivity contribution in [3.63, 3.8) is 0 Å². The monoisotopic (exact) mass is 346 g/mol. The summed E-state index contributed by atoms with van der Waals surface area (Å²) in [5.41, 5.74) is 0.155. The Morgan fingerprint density at radius 3 is 2.67 bits per heavy atom. The van der Waals surface area contributed by atoms with E-state index in [1.807, 2.05) is 40.9 Å². The molecule has 1 N–H and O–H groups in total. The third kappa shape index (κ3) is 2.73. The largest absolute Gasteiger partial charge is 0.486 e. The van der Waals surface area contributed by atoms with E-state index < -0.39 is 5.43 Å². The maximum Gasteiger partial charge on any atom is 0.253 e. The Morgan fingerprint density at radius 1 is 1.12 bits per heavy atom. The normalized spacial score (nSPS) is 20.2. The van der Waals surface area contributed by atoms with Crippen LogP contribution < -0.4 is 30.5 Å². The van der Waals surface area contributed by atoms with E-state index in [0.29, 0.717) is 30.3 Å². The van der Waals surface area contributed by atoms with Crippen molar-refractivity contribution in [1.82, 2.24) is 0 Å². The number of ether oxygens (including phenoxy) is 2. The maximum absolute atomic E-state index is 11.9. The van der Waals surface area contributed by atoms with Gasteiger partial charge >= 0.3 is 0 Å². The van der Waals surface area contributed by atoms with Crippen molar-refractivity contribution >= 4 is 23.1 Å². The summed E-state index contributed by atoms with van der Waals surface area (Å²) in [6.45, 7) is 2.45. The van der Waals surface area contributed by atoms with E-state index in [2.05, 4.69) is 5.32 Å². The first-order chi connectivity index (χ1) is 11.7. The fraction of sp³-hybridized carbons (Fsp3) is 0.412. The van der Waals surface area contributed by atoms with Crippen molar-refractivity contribution in [1.29, 1.82) is 0 Å². The van der Waals surface area contributed by atoms with Gasteiger partial charge in [-0.2, -0.15) is 11.8 Å². The molecule has 0 bridgehead atoms. The molecule has 0 spiro atoms. The number of hydrogen-bond acceptors (Lipinski definition) is 7. The highest BCUT2D eigenvalue weighted by atomic mass is 32.2. The first-order valence-electron chi connectivity index (χ1n) is 8.02. The van der Waals surface area contributed by atoms with Gasteiger partial charge in [-0.05, 0) is 12.1 Å². The van der Waals surface area contributed by atoms with Crippen LogP contribution in [0.1, 0.15) is 0 Å². The SMILES string of the molecule is O=c1c(NCC2COc3ccccc3O2)c(N2CCSCC2)c1=O. The molecule has 2 aromatic rings. The smallest absolute Gasteiger partial charge is 0.253 e. The summed E-state index contributed by atoms with van der Waals surface area (Å²) in [6, 6.07) is 7.51. The minimum atomic E-state index is -0.430. The summed E-state index contributed by atoms with van der Waals surface area (Å²) < 4.78 is 11.5. The second kappa shape index (κ2) is 6.39. The third-order valence-corrected chi connectivity index (χ3v) is 5.23. The first kappa shape index (κ1) is 15.4. The molecule has 2 aromatic carbocycles. The van der Waals surface area contributed by atoms with Gasteiger partial charge in [-0.3, -0.25) is 9.59 Å². The van der Waals surface area contributed by atoms with Gasteiger partial charge in [0, 0.05) is 24.6 Å². The number of fused-ring (bicyclic) bond motifs is 1. The molecule has 2 heterocycles. The second-order valence-electron chi connectivity index (χ2n) is 5.86. The summed E-state index contributed by atoms with van der Waals surface area (Å²) >= 11 is 1.87. The van der Waals surface area contributed by atoms with E-state index in [4.69, 9.17) is 9.47 Å². The van der Waals surface area contributed by atoms with Crippen molar-refractivity contribution in [3.05, 3.63) is 44.7 Å². The van der Waals surface area contributed by atoms with Crippen LogP contribution in [0.2, 0.25) is 0 Å². The summed E-state index contributed by atoms with van der Waals surface area (Å²) in [5.74, 6) is 3.40. The molecule has 0 amide bonds. The molecule has 1 atom stereocenters. The highest BCUT2D eigenvalue weighted by Crippen LogP contribution is 2.31. The van der Waals surface area contributed by atoms with Crippen LogP contribution in [0.5, 0.6) is 11.5 Å². The van der Waals surface area contributed by atoms with Gasteiger partial charge in [-0.15, -0.1) is 0 Å². The van der Waals surface area contributed by atoms with Gasteiger partial charge < -0.3 is 19.7 Å². The fourth-order valence-corrected chi connectivity index (χ4v) is 3.91. The van der Waals surface area contributed by atoms with E-state index in [1.165, 1.54) is 0 Å². The zero-order valence-corrected chi connectivity index (χ0v) is 13.9. The molecule has 4 rings (SSSR count). The Labute approximate surface area is 143 Å². The molecule has 2 aliphatic heterocycles. The van der Waals surface area contributed by atoms with Crippen molar-refractivity contribution in [2.45, 2.75) is 6.10 Å². The van der Waals surface area contributed by atoms with Gasteiger partial charge in [0.1, 0.15) is 24.1 Å². The lowest BCUT2D eigenvalue weighted by molar-refractivity contribution is 0.0997. The second-order valence-corrected chi connectivity index (χ2v) is 7.08. The van der Waals surface area contributed by atoms with E-state index >= 15 is 0 Å². The van der Waals surface area contributed by atoms with Crippen LogP contribution in [0.3, 0.4) is 0 Å². The predicted octanol–water partition coefficient (Wildman–Crippen LogP) is 1.09. The lowest BCUT2D eigenvalue weighted by Crippen LogP contribution is -2.46. The van der Waals surface area contributed by atoms with Crippen molar-refractivity contribution < 1.29 is 9.47 Å². The molecule has 24 heavy (non-hydrogen) atoms. The van der Waals surface area contributed by atoms with Crippen LogP contribution in [0.4, 0.5) is 11.4 Å². The summed E-state index contributed by atoms with van der Waals surface area (Å²) in [7, 11) is 0. The molecule has 2 aliphatic rings. The number of para-hydroxylation sites is 2. The molecule has 0 aliphatic carbocycles. The molecule has 0 saturated carbocycles. The molecular formula is C17H18N2O4S. The maximum atomic E-state index is 11.9. The van der Waals surface area contributed by atoms with Crippen LogP contribution in [-0.4, -0.2) is 43.9 Å². The number of thioether (sulfide) groups is 1. The Morgan fingerprint density at radius 2 is 1.88 bits per heavy atom. The van der Waals surface area contributed by atoms with Crippen LogP contribution >= 0.6 is 11.8 Å². The van der Waals surface area contributed by atoms with E-state index in [9.17, 15) is 9.59 Å². The zero-order chi connectivity index (χ0) is 16.5. The van der Waals surface area contributed by atoms with Gasteiger partial charge in [-0.1, -0.05) is 12.1 Å². The highest BCUT2D eigenvalue weighted by Gasteiger charge is 2.28. The standard InChI is InChI=1S/C17H18N2O4S/c20-16-14(15(17(16)21)19-5-7-24-8-6-19)18-9-11-10-22-12-3-1-2-4-13(12)23-11/h1-4,11,18H,5-10H2. The van der Waals surface area contributed by atoms with Crippen LogP contribution in [-0.2, 0) is 0 Å². The van der Waals surface area contributed by atoms with Crippen molar-refractivity contribution in [2.75, 3.05) is 48.0 Å². The van der Waals surface area contributed by atoms with Gasteiger partial charge in [0.15, 0.2) is 11.5 Å². The number of nitrogens with one attached hydrogen (secondary N) is 1. The first-order valence-corrected chi connectivity index (χ1v) is 9.18. The molecule has 1 fully saturated rings. The van der Waals surface area contributed by atoms with Crippen LogP contribution in [0.15, 0.2) is 33.9 Å². The minimum absolute atomic E-state index is 0.200. The lowest BCUT2D eigenvalue weighted by atomic mass is 10.1. The summed E-state index contributed by atoms with van der Waals surface area (Å²) in [5, 5.41) is 3.10. The topological polar surface area (TPSA) is 67.9 Å². The number of benzene rings is 1. The Bertz CT molecular complexity index is 809. The van der Waals surface area contributed by atoms with Crippen LogP contribution in [0.25, 0.3) is 0 Å². The van der Waals surface area contributed by atoms with E-state index in [0.717, 1.165) is 30.3 Å². The summed E-state index contributed by atoms with van der Waals surface area (Å²) in [6.07, 6.45) is -0.200. The van der Waals surface area contributed by atoms with E-state index in [1.54, 1.807) is 0 Å². The average Bonchev–Trinajstić information content (AvgIpc) is 2.64. The molecule has 7 heteroatoms. The number of nitrogens with zero attached hydrogens (tertiary/aromatic N) is 1. The lowest BCUT2D eigenvalue weighted by Gasteiger charge is -2.31. The molecule has 126 valence electrons. The number of anilines is 2. The van der Waals surface area contributed by atoms with Crippen molar-refractivity contribution in [3.8, 4) is 11.5 Å². The molecule has 0 aromatic heterocycles. The molecule has 1 unspecified atom stereocenters. The van der Waals surface area contributed by atoms with Gasteiger partial charge in [-0.25, -0.2) is 0 Å². The summed E-state index contributed by atoms with van der Waals surface area (Å²) in [4.78, 5) is 25.9. The average molecular weight is 346 g/mol. The number of rotatable bonds is 4. The molecule has 6 nitrogen and oxygen atoms in total. The van der Waals surface area contributed by atoms with E-state index in [-0.39, 0.29) is 11.5 Å². The van der Waals surface area contributed by atoms with Crippen molar-refractivity contribution in [2.24, 2.45) is 0 Å². The fourth-order valence-electron chi connectivity index (χ4n) is 3.01.